The average molecular weight is 190 g/mol. The lowest BCUT2D eigenvalue weighted by atomic mass is 9.78. The molecular weight excluding hydrogens is 168 g/mol. The summed E-state index contributed by atoms with van der Waals surface area (Å²) in [5.41, 5.74) is -1.08. The Hall–Kier alpha value is -0.120. The van der Waals surface area contributed by atoms with E-state index in [2.05, 4.69) is 0 Å². The van der Waals surface area contributed by atoms with E-state index >= 15 is 0 Å². The van der Waals surface area contributed by atoms with E-state index in [9.17, 15) is 5.11 Å². The van der Waals surface area contributed by atoms with Gasteiger partial charge in [-0.2, -0.15) is 0 Å². The van der Waals surface area contributed by atoms with E-state index in [4.69, 9.17) is 9.84 Å². The van der Waals surface area contributed by atoms with Crippen molar-refractivity contribution < 1.29 is 14.9 Å². The van der Waals surface area contributed by atoms with Gasteiger partial charge in [-0.25, -0.2) is 0 Å². The molecule has 13 heavy (non-hydrogen) atoms. The van der Waals surface area contributed by atoms with Crippen LogP contribution in [0.3, 0.4) is 0 Å². The summed E-state index contributed by atoms with van der Waals surface area (Å²) in [6, 6.07) is 0. The highest BCUT2D eigenvalue weighted by Gasteiger charge is 2.35. The molecule has 0 aliphatic heterocycles. The number of hydrogen-bond donors (Lipinski definition) is 2. The van der Waals surface area contributed by atoms with Crippen molar-refractivity contribution in [2.24, 2.45) is 5.41 Å². The van der Waals surface area contributed by atoms with Gasteiger partial charge in [0.25, 0.3) is 0 Å². The van der Waals surface area contributed by atoms with E-state index in [1.807, 2.05) is 20.8 Å². The van der Waals surface area contributed by atoms with Crippen molar-refractivity contribution in [2.45, 2.75) is 46.3 Å². The second kappa shape index (κ2) is 4.40. The Bertz CT molecular complexity index is 147. The number of hydrogen-bond acceptors (Lipinski definition) is 3. The van der Waals surface area contributed by atoms with E-state index in [0.29, 0.717) is 0 Å². The van der Waals surface area contributed by atoms with Crippen LogP contribution < -0.4 is 0 Å². The van der Waals surface area contributed by atoms with Crippen LogP contribution in [0.2, 0.25) is 0 Å². The maximum absolute atomic E-state index is 9.99. The van der Waals surface area contributed by atoms with Gasteiger partial charge >= 0.3 is 0 Å². The molecule has 0 aliphatic carbocycles. The molecule has 2 N–H and O–H groups in total. The molecule has 0 saturated heterocycles. The zero-order valence-electron chi connectivity index (χ0n) is 9.29. The molecule has 0 aromatic heterocycles. The van der Waals surface area contributed by atoms with Gasteiger partial charge in [0.1, 0.15) is 0 Å². The Labute approximate surface area is 80.7 Å². The molecule has 2 atom stereocenters. The van der Waals surface area contributed by atoms with Crippen LogP contribution in [0.25, 0.3) is 0 Å². The number of aliphatic hydroxyl groups excluding tert-OH is 1. The molecular formula is C10H22O3. The molecule has 0 aliphatic rings. The molecule has 0 aromatic rings. The first-order chi connectivity index (χ1) is 5.70. The first-order valence-corrected chi connectivity index (χ1v) is 4.65. The topological polar surface area (TPSA) is 49.7 Å². The summed E-state index contributed by atoms with van der Waals surface area (Å²) in [4.78, 5) is 0. The molecule has 0 heterocycles. The predicted octanol–water partition coefficient (Wildman–Crippen LogP) is 1.18. The predicted molar refractivity (Wildman–Crippen MR) is 52.6 cm³/mol. The largest absolute Gasteiger partial charge is 0.394 e. The van der Waals surface area contributed by atoms with E-state index < -0.39 is 5.60 Å². The zero-order valence-corrected chi connectivity index (χ0v) is 9.29. The SMILES string of the molecule is CC(CO)OCC(C)(O)C(C)(C)C. The molecule has 0 spiro atoms. The molecule has 0 aromatic carbocycles. The summed E-state index contributed by atoms with van der Waals surface area (Å²) in [7, 11) is 0. The van der Waals surface area contributed by atoms with Crippen molar-refractivity contribution in [3.05, 3.63) is 0 Å². The van der Waals surface area contributed by atoms with Gasteiger partial charge in [-0.15, -0.1) is 0 Å². The van der Waals surface area contributed by atoms with E-state index in [0.717, 1.165) is 0 Å². The number of aliphatic hydroxyl groups is 2. The molecule has 0 fully saturated rings. The Kier molecular flexibility index (Phi) is 4.36. The van der Waals surface area contributed by atoms with Crippen molar-refractivity contribution in [3.63, 3.8) is 0 Å². The molecule has 0 bridgehead atoms. The lowest BCUT2D eigenvalue weighted by molar-refractivity contribution is -0.121. The molecule has 3 heteroatoms. The third kappa shape index (κ3) is 4.07. The second-order valence-corrected chi connectivity index (χ2v) is 4.83. The Morgan fingerprint density at radius 2 is 1.69 bits per heavy atom. The summed E-state index contributed by atoms with van der Waals surface area (Å²) in [6.07, 6.45) is -0.214. The van der Waals surface area contributed by atoms with Crippen molar-refractivity contribution in [2.75, 3.05) is 13.2 Å². The van der Waals surface area contributed by atoms with Crippen molar-refractivity contribution in [1.29, 1.82) is 0 Å². The van der Waals surface area contributed by atoms with Crippen LogP contribution in [0.4, 0.5) is 0 Å². The molecule has 0 saturated carbocycles. The van der Waals surface area contributed by atoms with E-state index in [-0.39, 0.29) is 24.7 Å². The summed E-state index contributed by atoms with van der Waals surface area (Å²) >= 11 is 0. The summed E-state index contributed by atoms with van der Waals surface area (Å²) < 4.78 is 5.28. The number of ether oxygens (including phenoxy) is 1. The van der Waals surface area contributed by atoms with Crippen LogP contribution in [0.5, 0.6) is 0 Å². The van der Waals surface area contributed by atoms with Crippen LogP contribution in [-0.4, -0.2) is 35.1 Å². The Morgan fingerprint density at radius 1 is 1.23 bits per heavy atom. The Balaban J connectivity index is 4.04. The fourth-order valence-electron chi connectivity index (χ4n) is 0.574. The minimum absolute atomic E-state index is 0.0137. The van der Waals surface area contributed by atoms with Crippen molar-refractivity contribution in [1.82, 2.24) is 0 Å². The lowest BCUT2D eigenvalue weighted by Crippen LogP contribution is -2.45. The summed E-state index contributed by atoms with van der Waals surface area (Å²) in [5, 5.41) is 18.7. The molecule has 0 rings (SSSR count). The maximum atomic E-state index is 9.99. The van der Waals surface area contributed by atoms with Crippen molar-refractivity contribution in [3.8, 4) is 0 Å². The second-order valence-electron chi connectivity index (χ2n) is 4.83. The fraction of sp³-hybridized carbons (Fsp3) is 1.00. The first kappa shape index (κ1) is 12.9. The number of rotatable bonds is 4. The third-order valence-electron chi connectivity index (χ3n) is 2.52. The molecule has 3 nitrogen and oxygen atoms in total. The van der Waals surface area contributed by atoms with Gasteiger partial charge in [-0.3, -0.25) is 0 Å². The van der Waals surface area contributed by atoms with Crippen LogP contribution in [0, 0.1) is 5.41 Å². The van der Waals surface area contributed by atoms with E-state index in [1.165, 1.54) is 0 Å². The molecule has 2 unspecified atom stereocenters. The minimum Gasteiger partial charge on any atom is -0.394 e. The quantitative estimate of drug-likeness (QED) is 0.700. The van der Waals surface area contributed by atoms with Gasteiger partial charge < -0.3 is 14.9 Å². The van der Waals surface area contributed by atoms with Gasteiger partial charge in [0, 0.05) is 0 Å². The van der Waals surface area contributed by atoms with Gasteiger partial charge in [0.2, 0.25) is 0 Å². The highest BCUT2D eigenvalue weighted by atomic mass is 16.5. The van der Waals surface area contributed by atoms with Gasteiger partial charge in [-0.05, 0) is 19.3 Å². The summed E-state index contributed by atoms with van der Waals surface area (Å²) in [6.45, 7) is 9.63. The highest BCUT2D eigenvalue weighted by molar-refractivity contribution is 4.86. The van der Waals surface area contributed by atoms with Gasteiger partial charge in [-0.1, -0.05) is 20.8 Å². The van der Waals surface area contributed by atoms with Gasteiger partial charge in [0.05, 0.1) is 24.9 Å². The average Bonchev–Trinajstić information content (AvgIpc) is 1.98. The third-order valence-corrected chi connectivity index (χ3v) is 2.52. The summed E-state index contributed by atoms with van der Waals surface area (Å²) in [5.74, 6) is 0. The molecule has 80 valence electrons. The monoisotopic (exact) mass is 190 g/mol. The zero-order chi connectivity index (χ0) is 10.7. The smallest absolute Gasteiger partial charge is 0.0900 e. The van der Waals surface area contributed by atoms with Crippen LogP contribution in [0.15, 0.2) is 0 Å². The lowest BCUT2D eigenvalue weighted by Gasteiger charge is -2.37. The highest BCUT2D eigenvalue weighted by Crippen LogP contribution is 2.30. The normalized spacial score (nSPS) is 19.6. The Morgan fingerprint density at radius 3 is 2.00 bits per heavy atom. The standard InChI is InChI=1S/C10H22O3/c1-8(6-11)13-7-10(5,12)9(2,3)4/h8,11-12H,6-7H2,1-5H3. The van der Waals surface area contributed by atoms with Crippen LogP contribution in [-0.2, 0) is 4.74 Å². The fourth-order valence-corrected chi connectivity index (χ4v) is 0.574. The van der Waals surface area contributed by atoms with Crippen LogP contribution in [0.1, 0.15) is 34.6 Å². The minimum atomic E-state index is -0.865. The molecule has 0 radical (unpaired) electrons. The van der Waals surface area contributed by atoms with E-state index in [1.54, 1.807) is 13.8 Å². The first-order valence-electron chi connectivity index (χ1n) is 4.65. The molecule has 0 amide bonds. The van der Waals surface area contributed by atoms with Gasteiger partial charge in [0.15, 0.2) is 0 Å². The maximum Gasteiger partial charge on any atom is 0.0900 e. The van der Waals surface area contributed by atoms with Crippen LogP contribution >= 0.6 is 0 Å². The van der Waals surface area contributed by atoms with Crippen molar-refractivity contribution >= 4 is 0 Å².